The molecule has 1 fully saturated rings. The van der Waals surface area contributed by atoms with Crippen LogP contribution in [0.5, 0.6) is 5.75 Å². The summed E-state index contributed by atoms with van der Waals surface area (Å²) >= 11 is 0. The molecule has 11 heteroatoms. The van der Waals surface area contributed by atoms with Crippen LogP contribution in [0.4, 0.5) is 10.1 Å². The number of amides is 1. The van der Waals surface area contributed by atoms with Crippen LogP contribution >= 0.6 is 0 Å². The highest BCUT2D eigenvalue weighted by Gasteiger charge is 2.44. The minimum atomic E-state index is -4.25. The van der Waals surface area contributed by atoms with Crippen molar-refractivity contribution in [3.8, 4) is 5.75 Å². The van der Waals surface area contributed by atoms with E-state index in [0.717, 1.165) is 28.4 Å². The van der Waals surface area contributed by atoms with Gasteiger partial charge >= 0.3 is 10.2 Å². The first-order valence-corrected chi connectivity index (χ1v) is 18.7. The molecule has 2 aromatic rings. The van der Waals surface area contributed by atoms with Gasteiger partial charge in [0, 0.05) is 6.04 Å². The van der Waals surface area contributed by atoms with E-state index >= 15 is 4.39 Å². The van der Waals surface area contributed by atoms with E-state index in [2.05, 4.69) is 53.0 Å². The molecule has 1 heterocycles. The Morgan fingerprint density at radius 1 is 1.17 bits per heavy atom. The first-order chi connectivity index (χ1) is 19.1. The maximum atomic E-state index is 16.6. The third kappa shape index (κ3) is 7.13. The van der Waals surface area contributed by atoms with Crippen LogP contribution in [0.15, 0.2) is 36.4 Å². The van der Waals surface area contributed by atoms with Crippen LogP contribution < -0.4 is 19.1 Å². The number of ether oxygens (including phenoxy) is 1. The number of anilines is 1. The van der Waals surface area contributed by atoms with Crippen molar-refractivity contribution in [3.05, 3.63) is 58.9 Å². The van der Waals surface area contributed by atoms with Crippen molar-refractivity contribution in [1.29, 1.82) is 0 Å². The first-order valence-electron chi connectivity index (χ1n) is 14.3. The Bertz CT molecular complexity index is 1360. The molecule has 226 valence electrons. The molecule has 1 aliphatic carbocycles. The average Bonchev–Trinajstić information content (AvgIpc) is 3.14. The molecule has 1 amide bonds. The number of rotatable bonds is 10. The lowest BCUT2D eigenvalue weighted by Crippen LogP contribution is -2.54. The highest BCUT2D eigenvalue weighted by molar-refractivity contribution is 7.92. The molecule has 0 bridgehead atoms. The summed E-state index contributed by atoms with van der Waals surface area (Å²) in [6, 6.07) is 11.0. The van der Waals surface area contributed by atoms with Crippen LogP contribution in [0.25, 0.3) is 0 Å². The zero-order chi connectivity index (χ0) is 30.2. The van der Waals surface area contributed by atoms with Crippen LogP contribution in [0.3, 0.4) is 0 Å². The Labute approximate surface area is 245 Å². The van der Waals surface area contributed by atoms with Crippen LogP contribution in [0.2, 0.25) is 18.1 Å². The Hall–Kier alpha value is -2.47. The summed E-state index contributed by atoms with van der Waals surface area (Å²) in [4.78, 5) is 12.1. The monoisotopic (exact) mass is 605 g/mol. The Morgan fingerprint density at radius 2 is 1.85 bits per heavy atom. The van der Waals surface area contributed by atoms with Gasteiger partial charge in [0.05, 0.1) is 6.10 Å². The normalized spacial score (nSPS) is 20.7. The molecular weight excluding hydrogens is 561 g/mol. The summed E-state index contributed by atoms with van der Waals surface area (Å²) in [5, 5.41) is 3.62. The molecule has 41 heavy (non-hydrogen) atoms. The number of nitrogens with zero attached hydrogens (tertiary/aromatic N) is 1. The van der Waals surface area contributed by atoms with Gasteiger partial charge in [0.15, 0.2) is 14.1 Å². The minimum Gasteiger partial charge on any atom is -0.487 e. The molecule has 0 radical (unpaired) electrons. The molecule has 1 aliphatic heterocycles. The molecule has 2 N–H and O–H groups in total. The quantitative estimate of drug-likeness (QED) is 0.367. The fourth-order valence-corrected chi connectivity index (χ4v) is 7.50. The second kappa shape index (κ2) is 12.0. The lowest BCUT2D eigenvalue weighted by Gasteiger charge is -2.44. The maximum Gasteiger partial charge on any atom is 0.326 e. The zero-order valence-corrected chi connectivity index (χ0v) is 27.0. The van der Waals surface area contributed by atoms with Gasteiger partial charge in [0.2, 0.25) is 0 Å². The number of carbonyl (C=O) groups is 1. The molecule has 2 aliphatic rings. The number of fused-ring (bicyclic) bond motifs is 1. The van der Waals surface area contributed by atoms with Gasteiger partial charge < -0.3 is 14.5 Å². The summed E-state index contributed by atoms with van der Waals surface area (Å²) in [6.07, 6.45) is 1.58. The predicted octanol–water partition coefficient (Wildman–Crippen LogP) is 5.08. The topological polar surface area (TPSA) is 97.0 Å². The Balaban J connectivity index is 1.76. The van der Waals surface area contributed by atoms with E-state index in [-0.39, 0.29) is 35.2 Å². The molecule has 0 spiro atoms. The predicted molar refractivity (Wildman–Crippen MR) is 162 cm³/mol. The molecule has 0 saturated carbocycles. The molecule has 4 rings (SSSR count). The van der Waals surface area contributed by atoms with Crippen molar-refractivity contribution in [2.24, 2.45) is 5.92 Å². The smallest absolute Gasteiger partial charge is 0.326 e. The number of hydrogen-bond donors (Lipinski definition) is 2. The van der Waals surface area contributed by atoms with Crippen molar-refractivity contribution in [3.63, 3.8) is 0 Å². The van der Waals surface area contributed by atoms with Gasteiger partial charge in [-0.05, 0) is 72.6 Å². The molecule has 0 aromatic heterocycles. The molecule has 2 atom stereocenters. The molecule has 8 nitrogen and oxygen atoms in total. The largest absolute Gasteiger partial charge is 0.487 e. The highest BCUT2D eigenvalue weighted by Crippen LogP contribution is 2.43. The van der Waals surface area contributed by atoms with E-state index in [4.69, 9.17) is 9.16 Å². The van der Waals surface area contributed by atoms with E-state index in [1.165, 1.54) is 0 Å². The molecular formula is C30H44FN3O5SSi. The van der Waals surface area contributed by atoms with Crippen LogP contribution in [0.1, 0.15) is 57.7 Å². The second-order valence-corrected chi connectivity index (χ2v) is 19.4. The summed E-state index contributed by atoms with van der Waals surface area (Å²) < 4.78 is 58.0. The number of benzene rings is 2. The summed E-state index contributed by atoms with van der Waals surface area (Å²) in [5.41, 5.74) is 1.78. The molecule has 2 aromatic carbocycles. The van der Waals surface area contributed by atoms with Gasteiger partial charge in [0.25, 0.3) is 5.91 Å². The fourth-order valence-electron chi connectivity index (χ4n) is 4.98. The van der Waals surface area contributed by atoms with Gasteiger partial charge in [-0.15, -0.1) is 0 Å². The van der Waals surface area contributed by atoms with Gasteiger partial charge in [-0.25, -0.2) is 13.4 Å². The van der Waals surface area contributed by atoms with Crippen molar-refractivity contribution in [2.45, 2.75) is 90.8 Å². The van der Waals surface area contributed by atoms with E-state index < -0.39 is 36.8 Å². The number of halogens is 1. The molecule has 0 unspecified atom stereocenters. The number of nitrogens with one attached hydrogen (secondary N) is 2. The summed E-state index contributed by atoms with van der Waals surface area (Å²) in [5.74, 6) is -0.794. The lowest BCUT2D eigenvalue weighted by atomic mass is 9.85. The molecule has 1 saturated heterocycles. The van der Waals surface area contributed by atoms with Crippen LogP contribution in [0, 0.1) is 11.7 Å². The van der Waals surface area contributed by atoms with Crippen LogP contribution in [-0.4, -0.2) is 47.9 Å². The van der Waals surface area contributed by atoms with Gasteiger partial charge in [-0.1, -0.05) is 65.0 Å². The highest BCUT2D eigenvalue weighted by atomic mass is 32.2. The van der Waals surface area contributed by atoms with Gasteiger partial charge in [-0.2, -0.15) is 8.42 Å². The second-order valence-electron chi connectivity index (χ2n) is 13.1. The van der Waals surface area contributed by atoms with E-state index in [1.807, 2.05) is 35.1 Å². The van der Waals surface area contributed by atoms with Gasteiger partial charge in [-0.3, -0.25) is 4.79 Å². The minimum absolute atomic E-state index is 0.00152. The van der Waals surface area contributed by atoms with Crippen LogP contribution in [-0.2, 0) is 38.9 Å². The Morgan fingerprint density at radius 3 is 2.44 bits per heavy atom. The van der Waals surface area contributed by atoms with Crippen molar-refractivity contribution in [1.82, 2.24) is 10.0 Å². The van der Waals surface area contributed by atoms with E-state index in [0.29, 0.717) is 24.3 Å². The SMILES string of the molecule is CC(C)CCN[C@H]1Cc2c(cc(OCc3ccccc3)c(N3CC(=O)NS3(=O)=O)c2F)C[C@@H]1O[Si](C)(C)C(C)(C)C. The van der Waals surface area contributed by atoms with Crippen molar-refractivity contribution < 1.29 is 26.8 Å². The number of carbonyl (C=O) groups excluding carboxylic acids is 1. The van der Waals surface area contributed by atoms with E-state index in [9.17, 15) is 13.2 Å². The lowest BCUT2D eigenvalue weighted by molar-refractivity contribution is -0.117. The number of hydrogen-bond acceptors (Lipinski definition) is 6. The van der Waals surface area contributed by atoms with Gasteiger partial charge in [0.1, 0.15) is 24.6 Å². The van der Waals surface area contributed by atoms with Crippen molar-refractivity contribution >= 4 is 30.1 Å². The average molecular weight is 606 g/mol. The van der Waals surface area contributed by atoms with Crippen molar-refractivity contribution in [2.75, 3.05) is 17.4 Å². The van der Waals surface area contributed by atoms with E-state index in [1.54, 1.807) is 6.07 Å². The standard InChI is InChI=1S/C30H44FN3O5SSi/c1-20(2)13-14-32-24-17-23-22(15-25(24)39-41(6,7)30(3,4)5)16-26(38-19-21-11-9-8-10-12-21)29(28(23)31)34-18-27(35)33-40(34,36)37/h8-12,16,20,24-25,32H,13-15,17-19H2,1-7H3,(H,33,35)/t24-,25-/m0/s1. The zero-order valence-electron chi connectivity index (χ0n) is 25.2. The third-order valence-electron chi connectivity index (χ3n) is 8.38. The summed E-state index contributed by atoms with van der Waals surface area (Å²) in [7, 11) is -6.41. The first kappa shape index (κ1) is 31.5. The Kier molecular flexibility index (Phi) is 9.23. The maximum absolute atomic E-state index is 16.6. The fraction of sp³-hybridized carbons (Fsp3) is 0.567. The summed E-state index contributed by atoms with van der Waals surface area (Å²) in [6.45, 7) is 15.7. The third-order valence-corrected chi connectivity index (χ3v) is 14.3.